The van der Waals surface area contributed by atoms with Gasteiger partial charge in [0, 0.05) is 17.6 Å². The van der Waals surface area contributed by atoms with E-state index in [1.807, 2.05) is 32.0 Å². The summed E-state index contributed by atoms with van der Waals surface area (Å²) in [7, 11) is 0. The largest absolute Gasteiger partial charge is 0.379 e. The third-order valence-electron chi connectivity index (χ3n) is 4.29. The zero-order chi connectivity index (χ0) is 18.0. The molecule has 1 aromatic heterocycles. The average molecular weight is 392 g/mol. The van der Waals surface area contributed by atoms with Gasteiger partial charge in [0.05, 0.1) is 17.4 Å². The monoisotopic (exact) mass is 391 g/mol. The zero-order valence-corrected chi connectivity index (χ0v) is 16.6. The SMILES string of the molecule is Cc1cnc(C(=O)Nc2ccc(C)c(C3(C)CCSC(N)=N3)c2)cn1.Cl. The van der Waals surface area contributed by atoms with E-state index < -0.39 is 0 Å². The number of amides is 1. The van der Waals surface area contributed by atoms with Crippen LogP contribution in [0.25, 0.3) is 0 Å². The van der Waals surface area contributed by atoms with E-state index in [-0.39, 0.29) is 29.5 Å². The molecule has 2 heterocycles. The number of rotatable bonds is 3. The fourth-order valence-corrected chi connectivity index (χ4v) is 3.84. The van der Waals surface area contributed by atoms with E-state index in [9.17, 15) is 4.79 Å². The Labute approximate surface area is 163 Å². The Kier molecular flexibility index (Phi) is 6.26. The van der Waals surface area contributed by atoms with Crippen LogP contribution < -0.4 is 11.1 Å². The van der Waals surface area contributed by atoms with Gasteiger partial charge in [-0.1, -0.05) is 17.8 Å². The van der Waals surface area contributed by atoms with E-state index in [4.69, 9.17) is 5.73 Å². The highest BCUT2D eigenvalue weighted by atomic mass is 35.5. The molecular formula is C18H22ClN5OS. The Hall–Kier alpha value is -2.12. The molecule has 138 valence electrons. The number of aromatic nitrogens is 2. The molecule has 3 N–H and O–H groups in total. The number of carbonyl (C=O) groups excluding carboxylic acids is 1. The van der Waals surface area contributed by atoms with E-state index in [0.29, 0.717) is 10.9 Å². The van der Waals surface area contributed by atoms with Crippen molar-refractivity contribution in [3.05, 3.63) is 53.1 Å². The van der Waals surface area contributed by atoms with Crippen LogP contribution >= 0.6 is 24.2 Å². The number of hydrogen-bond acceptors (Lipinski definition) is 6. The van der Waals surface area contributed by atoms with E-state index in [2.05, 4.69) is 27.2 Å². The van der Waals surface area contributed by atoms with Gasteiger partial charge in [-0.15, -0.1) is 12.4 Å². The molecule has 0 saturated carbocycles. The lowest BCUT2D eigenvalue weighted by Crippen LogP contribution is -2.29. The zero-order valence-electron chi connectivity index (χ0n) is 14.9. The first-order chi connectivity index (χ1) is 11.9. The summed E-state index contributed by atoms with van der Waals surface area (Å²) in [6, 6.07) is 5.85. The van der Waals surface area contributed by atoms with Crippen LogP contribution in [0.1, 0.15) is 40.7 Å². The van der Waals surface area contributed by atoms with Crippen LogP contribution in [0, 0.1) is 13.8 Å². The minimum Gasteiger partial charge on any atom is -0.379 e. The number of thioether (sulfide) groups is 1. The van der Waals surface area contributed by atoms with Gasteiger partial charge >= 0.3 is 0 Å². The molecule has 2 aromatic rings. The Morgan fingerprint density at radius 2 is 2.04 bits per heavy atom. The van der Waals surface area contributed by atoms with E-state index in [0.717, 1.165) is 29.0 Å². The molecule has 0 aliphatic carbocycles. The summed E-state index contributed by atoms with van der Waals surface area (Å²) < 4.78 is 0. The summed E-state index contributed by atoms with van der Waals surface area (Å²) in [6.07, 6.45) is 3.96. The van der Waals surface area contributed by atoms with Crippen molar-refractivity contribution in [2.24, 2.45) is 10.7 Å². The van der Waals surface area contributed by atoms with Gasteiger partial charge in [-0.3, -0.25) is 14.8 Å². The second kappa shape index (κ2) is 8.05. The van der Waals surface area contributed by atoms with Gasteiger partial charge in [0.25, 0.3) is 5.91 Å². The first-order valence-electron chi connectivity index (χ1n) is 8.07. The van der Waals surface area contributed by atoms with Gasteiger partial charge in [-0.2, -0.15) is 0 Å². The molecule has 1 unspecified atom stereocenters. The summed E-state index contributed by atoms with van der Waals surface area (Å²) >= 11 is 1.58. The third kappa shape index (κ3) is 4.34. The molecule has 26 heavy (non-hydrogen) atoms. The number of nitrogens with zero attached hydrogens (tertiary/aromatic N) is 3. The predicted molar refractivity (Wildman–Crippen MR) is 109 cm³/mol. The number of halogens is 1. The van der Waals surface area contributed by atoms with Gasteiger partial charge in [0.2, 0.25) is 0 Å². The van der Waals surface area contributed by atoms with Crippen LogP contribution in [-0.4, -0.2) is 26.8 Å². The van der Waals surface area contributed by atoms with Crippen molar-refractivity contribution >= 4 is 40.9 Å². The Morgan fingerprint density at radius 3 is 2.69 bits per heavy atom. The summed E-state index contributed by atoms with van der Waals surface area (Å²) in [5, 5.41) is 3.50. The van der Waals surface area contributed by atoms with Crippen LogP contribution in [0.15, 0.2) is 35.6 Å². The number of nitrogens with one attached hydrogen (secondary N) is 1. The van der Waals surface area contributed by atoms with Crippen molar-refractivity contribution in [3.8, 4) is 0 Å². The van der Waals surface area contributed by atoms with Gasteiger partial charge in [-0.25, -0.2) is 4.98 Å². The first-order valence-corrected chi connectivity index (χ1v) is 9.05. The fraction of sp³-hybridized carbons (Fsp3) is 0.333. The van der Waals surface area contributed by atoms with Gasteiger partial charge in [-0.05, 0) is 50.5 Å². The van der Waals surface area contributed by atoms with Crippen LogP contribution in [0.2, 0.25) is 0 Å². The number of aryl methyl sites for hydroxylation is 2. The Bertz CT molecular complexity index is 840. The van der Waals surface area contributed by atoms with E-state index in [1.54, 1.807) is 18.0 Å². The van der Waals surface area contributed by atoms with Gasteiger partial charge in [0.15, 0.2) is 5.17 Å². The van der Waals surface area contributed by atoms with Crippen molar-refractivity contribution < 1.29 is 4.79 Å². The smallest absolute Gasteiger partial charge is 0.275 e. The molecule has 1 aliphatic heterocycles. The minimum absolute atomic E-state index is 0. The number of benzene rings is 1. The van der Waals surface area contributed by atoms with E-state index >= 15 is 0 Å². The maximum absolute atomic E-state index is 12.4. The molecular weight excluding hydrogens is 370 g/mol. The minimum atomic E-state index is -0.371. The molecule has 0 bridgehead atoms. The number of hydrogen-bond donors (Lipinski definition) is 2. The Balaban J connectivity index is 0.00000243. The van der Waals surface area contributed by atoms with Crippen molar-refractivity contribution in [1.82, 2.24) is 9.97 Å². The number of carbonyl (C=O) groups is 1. The highest BCUT2D eigenvalue weighted by Crippen LogP contribution is 2.37. The predicted octanol–water partition coefficient (Wildman–Crippen LogP) is 3.43. The second-order valence-corrected chi connectivity index (χ2v) is 7.46. The van der Waals surface area contributed by atoms with Gasteiger partial charge < -0.3 is 11.1 Å². The standard InChI is InChI=1S/C18H21N5OS.ClH/c1-11-4-5-13(22-16(24)15-10-20-12(2)9-21-15)8-14(11)18(3)6-7-25-17(19)23-18;/h4-5,8-10H,6-7H2,1-3H3,(H2,19,23)(H,22,24);1H. The van der Waals surface area contributed by atoms with Crippen molar-refractivity contribution in [2.45, 2.75) is 32.7 Å². The van der Waals surface area contributed by atoms with Crippen LogP contribution in [-0.2, 0) is 5.54 Å². The number of nitrogens with two attached hydrogens (primary N) is 1. The molecule has 1 amide bonds. The molecule has 0 saturated heterocycles. The lowest BCUT2D eigenvalue weighted by atomic mass is 9.86. The fourth-order valence-electron chi connectivity index (χ4n) is 2.87. The molecule has 0 spiro atoms. The van der Waals surface area contributed by atoms with E-state index in [1.165, 1.54) is 6.20 Å². The van der Waals surface area contributed by atoms with Crippen molar-refractivity contribution in [2.75, 3.05) is 11.1 Å². The molecule has 1 aromatic carbocycles. The maximum atomic E-state index is 12.4. The number of anilines is 1. The number of aliphatic imine (C=N–C) groups is 1. The topological polar surface area (TPSA) is 93.3 Å². The summed E-state index contributed by atoms with van der Waals surface area (Å²) in [4.78, 5) is 25.2. The van der Waals surface area contributed by atoms with Gasteiger partial charge in [0.1, 0.15) is 5.69 Å². The summed E-state index contributed by atoms with van der Waals surface area (Å²) in [5.74, 6) is 0.649. The third-order valence-corrected chi connectivity index (χ3v) is 5.08. The molecule has 8 heteroatoms. The lowest BCUT2D eigenvalue weighted by Gasteiger charge is -2.31. The lowest BCUT2D eigenvalue weighted by molar-refractivity contribution is 0.102. The van der Waals surface area contributed by atoms with Crippen LogP contribution in [0.5, 0.6) is 0 Å². The maximum Gasteiger partial charge on any atom is 0.275 e. The summed E-state index contributed by atoms with van der Waals surface area (Å²) in [6.45, 7) is 5.96. The highest BCUT2D eigenvalue weighted by Gasteiger charge is 2.31. The number of amidine groups is 1. The highest BCUT2D eigenvalue weighted by molar-refractivity contribution is 8.13. The molecule has 1 aliphatic rings. The molecule has 3 rings (SSSR count). The van der Waals surface area contributed by atoms with Crippen LogP contribution in [0.4, 0.5) is 5.69 Å². The Morgan fingerprint density at radius 1 is 1.27 bits per heavy atom. The average Bonchev–Trinajstić information content (AvgIpc) is 2.57. The molecule has 1 atom stereocenters. The first kappa shape index (κ1) is 20.2. The van der Waals surface area contributed by atoms with Crippen LogP contribution in [0.3, 0.4) is 0 Å². The normalized spacial score (nSPS) is 19.3. The molecule has 0 radical (unpaired) electrons. The van der Waals surface area contributed by atoms with Crippen molar-refractivity contribution in [3.63, 3.8) is 0 Å². The molecule has 0 fully saturated rings. The molecule has 6 nitrogen and oxygen atoms in total. The van der Waals surface area contributed by atoms with Crippen molar-refractivity contribution in [1.29, 1.82) is 0 Å². The quantitative estimate of drug-likeness (QED) is 0.835. The second-order valence-electron chi connectivity index (χ2n) is 6.35. The summed E-state index contributed by atoms with van der Waals surface area (Å²) in [5.41, 5.74) is 9.53.